The third-order valence-electron chi connectivity index (χ3n) is 2.13. The van der Waals surface area contributed by atoms with Gasteiger partial charge in [-0.05, 0) is 25.1 Å². The van der Waals surface area contributed by atoms with Crippen molar-refractivity contribution in [1.29, 1.82) is 0 Å². The molecule has 0 amide bonds. The van der Waals surface area contributed by atoms with Crippen molar-refractivity contribution in [2.75, 3.05) is 13.2 Å². The van der Waals surface area contributed by atoms with Crippen LogP contribution in [0.15, 0.2) is 18.2 Å². The summed E-state index contributed by atoms with van der Waals surface area (Å²) in [6.45, 7) is 7.58. The number of hydrogen-bond acceptors (Lipinski definition) is 2. The normalized spacial score (nSPS) is 10.2. The zero-order chi connectivity index (χ0) is 11.8. The Balaban J connectivity index is 2.90. The summed E-state index contributed by atoms with van der Waals surface area (Å²) in [5.74, 6) is 1.82. The fraction of sp³-hybridized carbons (Fsp3) is 0.538. The van der Waals surface area contributed by atoms with Gasteiger partial charge in [0.2, 0.25) is 0 Å². The number of hydrogen-bond donors (Lipinski definition) is 0. The highest BCUT2D eigenvalue weighted by Crippen LogP contribution is 2.24. The largest absolute Gasteiger partial charge is 0.490 e. The van der Waals surface area contributed by atoms with E-state index in [0.29, 0.717) is 13.2 Å². The van der Waals surface area contributed by atoms with Crippen molar-refractivity contribution in [1.82, 2.24) is 0 Å². The predicted octanol–water partition coefficient (Wildman–Crippen LogP) is 2.64. The molecular formula is C13H20O2Si. The first-order valence-corrected chi connectivity index (χ1v) is 7.16. The summed E-state index contributed by atoms with van der Waals surface area (Å²) in [5.41, 5.74) is 0. The molecule has 0 aliphatic rings. The molecule has 1 aromatic carbocycles. The van der Waals surface area contributed by atoms with Gasteiger partial charge in [-0.15, -0.1) is 0 Å². The molecule has 16 heavy (non-hydrogen) atoms. The number of benzene rings is 1. The lowest BCUT2D eigenvalue weighted by atomic mass is 10.3. The molecule has 0 atom stereocenters. The van der Waals surface area contributed by atoms with Crippen LogP contribution < -0.4 is 14.7 Å². The fourth-order valence-electron chi connectivity index (χ4n) is 1.48. The molecule has 0 fully saturated rings. The maximum Gasteiger partial charge on any atom is 0.160 e. The van der Waals surface area contributed by atoms with E-state index in [4.69, 9.17) is 9.47 Å². The molecule has 88 valence electrons. The smallest absolute Gasteiger partial charge is 0.160 e. The van der Waals surface area contributed by atoms with Crippen LogP contribution in [0.1, 0.15) is 27.2 Å². The summed E-state index contributed by atoms with van der Waals surface area (Å²) in [5, 5.41) is 1.29. The van der Waals surface area contributed by atoms with Gasteiger partial charge in [-0.1, -0.05) is 31.5 Å². The summed E-state index contributed by atoms with van der Waals surface area (Å²) in [6.07, 6.45) is 1.21. The monoisotopic (exact) mass is 236 g/mol. The Morgan fingerprint density at radius 2 is 1.81 bits per heavy atom. The Kier molecular flexibility index (Phi) is 6.01. The van der Waals surface area contributed by atoms with E-state index in [1.165, 1.54) is 17.7 Å². The summed E-state index contributed by atoms with van der Waals surface area (Å²) < 4.78 is 11.3. The molecule has 0 aliphatic heterocycles. The van der Waals surface area contributed by atoms with Crippen molar-refractivity contribution < 1.29 is 9.47 Å². The van der Waals surface area contributed by atoms with Crippen LogP contribution in [0.5, 0.6) is 11.5 Å². The van der Waals surface area contributed by atoms with Crippen LogP contribution >= 0.6 is 0 Å². The first kappa shape index (κ1) is 13.1. The van der Waals surface area contributed by atoms with Crippen molar-refractivity contribution >= 4 is 14.7 Å². The molecule has 0 aromatic heterocycles. The van der Waals surface area contributed by atoms with Crippen LogP contribution in [0.3, 0.4) is 0 Å². The van der Waals surface area contributed by atoms with Gasteiger partial charge in [0.1, 0.15) is 0 Å². The molecule has 1 rings (SSSR count). The molecule has 0 aliphatic carbocycles. The first-order valence-electron chi connectivity index (χ1n) is 5.95. The molecule has 0 heterocycles. The Morgan fingerprint density at radius 3 is 2.44 bits per heavy atom. The molecule has 2 nitrogen and oxygen atoms in total. The zero-order valence-electron chi connectivity index (χ0n) is 10.4. The predicted molar refractivity (Wildman–Crippen MR) is 69.3 cm³/mol. The van der Waals surface area contributed by atoms with E-state index in [1.807, 2.05) is 26.0 Å². The molecule has 1 aromatic rings. The molecule has 0 saturated heterocycles. The number of para-hydroxylation sites is 1. The molecule has 0 unspecified atom stereocenters. The summed E-state index contributed by atoms with van der Waals surface area (Å²) in [7, 11) is 0.809. The topological polar surface area (TPSA) is 18.5 Å². The van der Waals surface area contributed by atoms with Crippen molar-refractivity contribution in [3.63, 3.8) is 0 Å². The molecular weight excluding hydrogens is 216 g/mol. The Labute approximate surface area is 101 Å². The molecule has 0 bridgehead atoms. The SMILES string of the molecule is CCC[Si]c1cccc(OCC)c1OCC. The van der Waals surface area contributed by atoms with Gasteiger partial charge < -0.3 is 9.47 Å². The highest BCUT2D eigenvalue weighted by atomic mass is 28.2. The highest BCUT2D eigenvalue weighted by Gasteiger charge is 2.10. The van der Waals surface area contributed by atoms with Crippen molar-refractivity contribution in [2.24, 2.45) is 0 Å². The van der Waals surface area contributed by atoms with E-state index in [-0.39, 0.29) is 0 Å². The van der Waals surface area contributed by atoms with Crippen molar-refractivity contribution in [2.45, 2.75) is 33.2 Å². The van der Waals surface area contributed by atoms with Gasteiger partial charge in [0.05, 0.1) is 22.7 Å². The Hall–Kier alpha value is -0.963. The maximum absolute atomic E-state index is 5.70. The standard InChI is InChI=1S/C13H20O2Si/c1-4-10-16-12-9-7-8-11(14-5-2)13(12)15-6-3/h7-9H,4-6,10H2,1-3H3. The third kappa shape index (κ3) is 3.56. The average Bonchev–Trinajstić information content (AvgIpc) is 2.30. The second-order valence-electron chi connectivity index (χ2n) is 3.43. The second kappa shape index (κ2) is 7.33. The number of ether oxygens (including phenoxy) is 2. The molecule has 3 heteroatoms. The van der Waals surface area contributed by atoms with Gasteiger partial charge in [0.15, 0.2) is 11.5 Å². The van der Waals surface area contributed by atoms with Crippen LogP contribution in [0.25, 0.3) is 0 Å². The lowest BCUT2D eigenvalue weighted by Gasteiger charge is -2.14. The number of rotatable bonds is 7. The maximum atomic E-state index is 5.70. The molecule has 0 saturated carbocycles. The summed E-state index contributed by atoms with van der Waals surface area (Å²) in [4.78, 5) is 0. The van der Waals surface area contributed by atoms with Gasteiger partial charge in [-0.3, -0.25) is 0 Å². The van der Waals surface area contributed by atoms with Crippen LogP contribution in [0.4, 0.5) is 0 Å². The van der Waals surface area contributed by atoms with Crippen LogP contribution in [0, 0.1) is 0 Å². The fourth-order valence-corrected chi connectivity index (χ4v) is 2.57. The summed E-state index contributed by atoms with van der Waals surface area (Å²) in [6, 6.07) is 7.39. The van der Waals surface area contributed by atoms with E-state index in [0.717, 1.165) is 21.0 Å². The van der Waals surface area contributed by atoms with Crippen molar-refractivity contribution in [3.05, 3.63) is 18.2 Å². The van der Waals surface area contributed by atoms with Crippen LogP contribution in [0.2, 0.25) is 6.04 Å². The van der Waals surface area contributed by atoms with E-state index >= 15 is 0 Å². The lowest BCUT2D eigenvalue weighted by molar-refractivity contribution is 0.289. The van der Waals surface area contributed by atoms with E-state index in [9.17, 15) is 0 Å². The third-order valence-corrected chi connectivity index (χ3v) is 3.66. The Morgan fingerprint density at radius 1 is 1.06 bits per heavy atom. The van der Waals surface area contributed by atoms with Crippen LogP contribution in [-0.2, 0) is 0 Å². The van der Waals surface area contributed by atoms with E-state index < -0.39 is 0 Å². The lowest BCUT2D eigenvalue weighted by Crippen LogP contribution is -2.18. The average molecular weight is 236 g/mol. The van der Waals surface area contributed by atoms with Crippen molar-refractivity contribution in [3.8, 4) is 11.5 Å². The second-order valence-corrected chi connectivity index (χ2v) is 4.82. The molecule has 0 spiro atoms. The van der Waals surface area contributed by atoms with E-state index in [1.54, 1.807) is 0 Å². The van der Waals surface area contributed by atoms with Gasteiger partial charge in [0.25, 0.3) is 0 Å². The molecule has 0 N–H and O–H groups in total. The molecule has 2 radical (unpaired) electrons. The van der Waals surface area contributed by atoms with Gasteiger partial charge >= 0.3 is 0 Å². The highest BCUT2D eigenvalue weighted by molar-refractivity contribution is 6.54. The van der Waals surface area contributed by atoms with Gasteiger partial charge in [0, 0.05) is 0 Å². The quantitative estimate of drug-likeness (QED) is 0.678. The summed E-state index contributed by atoms with van der Waals surface area (Å²) >= 11 is 0. The first-order chi connectivity index (χ1) is 7.83. The van der Waals surface area contributed by atoms with E-state index in [2.05, 4.69) is 13.0 Å². The van der Waals surface area contributed by atoms with Gasteiger partial charge in [-0.25, -0.2) is 0 Å². The minimum absolute atomic E-state index is 0.681. The van der Waals surface area contributed by atoms with Crippen LogP contribution in [-0.4, -0.2) is 22.7 Å². The van der Waals surface area contributed by atoms with Gasteiger partial charge in [-0.2, -0.15) is 0 Å². The Bertz CT molecular complexity index is 313. The minimum atomic E-state index is 0.681. The minimum Gasteiger partial charge on any atom is -0.490 e. The zero-order valence-corrected chi connectivity index (χ0v) is 11.4.